The summed E-state index contributed by atoms with van der Waals surface area (Å²) in [5, 5.41) is 20.1. The molecule has 2 aromatic rings. The predicted molar refractivity (Wildman–Crippen MR) is 66.7 cm³/mol. The maximum absolute atomic E-state index is 13.8. The highest BCUT2D eigenvalue weighted by molar-refractivity contribution is 5.66. The Labute approximate surface area is 109 Å². The molecule has 4 nitrogen and oxygen atoms in total. The zero-order chi connectivity index (χ0) is 13.8. The molecular formula is C14H11FN2O2. The van der Waals surface area contributed by atoms with E-state index in [4.69, 9.17) is 10.00 Å². The minimum absolute atomic E-state index is 0.0845. The van der Waals surface area contributed by atoms with Gasteiger partial charge in [-0.05, 0) is 30.7 Å². The second kappa shape index (κ2) is 5.36. The molecule has 0 saturated carbocycles. The molecule has 0 amide bonds. The van der Waals surface area contributed by atoms with Gasteiger partial charge < -0.3 is 9.94 Å². The zero-order valence-corrected chi connectivity index (χ0v) is 10.3. The van der Waals surface area contributed by atoms with E-state index in [-0.39, 0.29) is 5.69 Å². The van der Waals surface area contributed by atoms with Gasteiger partial charge in [0.15, 0.2) is 12.3 Å². The normalized spacial score (nSPS) is 9.95. The van der Waals surface area contributed by atoms with Crippen molar-refractivity contribution in [1.29, 1.82) is 5.26 Å². The van der Waals surface area contributed by atoms with Crippen LogP contribution in [0, 0.1) is 22.4 Å². The molecule has 1 heterocycles. The first-order chi connectivity index (χ1) is 9.15. The number of nitriles is 1. The summed E-state index contributed by atoms with van der Waals surface area (Å²) in [4.78, 5) is 0. The summed E-state index contributed by atoms with van der Waals surface area (Å²) in [6.45, 7) is 2.31. The number of rotatable bonds is 3. The number of pyridine rings is 1. The van der Waals surface area contributed by atoms with Gasteiger partial charge in [-0.25, -0.2) is 4.39 Å². The van der Waals surface area contributed by atoms with Crippen LogP contribution in [-0.2, 0) is 0 Å². The van der Waals surface area contributed by atoms with E-state index < -0.39 is 5.82 Å². The van der Waals surface area contributed by atoms with Gasteiger partial charge in [0.2, 0.25) is 0 Å². The molecule has 5 heteroatoms. The standard InChI is InChI=1S/C14H11FN2O2/c1-2-19-12-3-4-14(15)13(8-12)10-5-6-17(18)11(7-10)9-16/h3-8H,2H2,1H3. The minimum atomic E-state index is -0.434. The average Bonchev–Trinajstić information content (AvgIpc) is 2.42. The van der Waals surface area contributed by atoms with Crippen LogP contribution in [0.3, 0.4) is 0 Å². The van der Waals surface area contributed by atoms with Gasteiger partial charge in [-0.15, -0.1) is 0 Å². The van der Waals surface area contributed by atoms with Gasteiger partial charge in [0.25, 0.3) is 5.69 Å². The summed E-state index contributed by atoms with van der Waals surface area (Å²) >= 11 is 0. The number of hydrogen-bond donors (Lipinski definition) is 0. The fraction of sp³-hybridized carbons (Fsp3) is 0.143. The number of ether oxygens (including phenoxy) is 1. The molecule has 0 saturated heterocycles. The molecule has 1 aromatic carbocycles. The van der Waals surface area contributed by atoms with Crippen molar-refractivity contribution in [2.45, 2.75) is 6.92 Å². The highest BCUT2D eigenvalue weighted by Crippen LogP contribution is 2.27. The van der Waals surface area contributed by atoms with Crippen LogP contribution in [0.2, 0.25) is 0 Å². The lowest BCUT2D eigenvalue weighted by Gasteiger charge is -2.08. The van der Waals surface area contributed by atoms with Gasteiger partial charge >= 0.3 is 0 Å². The molecule has 0 fully saturated rings. The van der Waals surface area contributed by atoms with Crippen molar-refractivity contribution in [3.8, 4) is 22.9 Å². The van der Waals surface area contributed by atoms with Crippen LogP contribution in [0.5, 0.6) is 5.75 Å². The van der Waals surface area contributed by atoms with E-state index in [1.54, 1.807) is 12.1 Å². The molecule has 19 heavy (non-hydrogen) atoms. The first-order valence-corrected chi connectivity index (χ1v) is 5.71. The van der Waals surface area contributed by atoms with Crippen molar-refractivity contribution >= 4 is 0 Å². The first-order valence-electron chi connectivity index (χ1n) is 5.71. The Morgan fingerprint density at radius 3 is 2.84 bits per heavy atom. The fourth-order valence-corrected chi connectivity index (χ4v) is 1.72. The van der Waals surface area contributed by atoms with E-state index in [1.807, 2.05) is 6.92 Å². The number of hydrogen-bond acceptors (Lipinski definition) is 3. The van der Waals surface area contributed by atoms with Crippen LogP contribution >= 0.6 is 0 Å². The maximum Gasteiger partial charge on any atom is 0.295 e. The Balaban J connectivity index is 2.52. The quantitative estimate of drug-likeness (QED) is 0.627. The first kappa shape index (κ1) is 12.8. The van der Waals surface area contributed by atoms with Crippen molar-refractivity contribution in [1.82, 2.24) is 0 Å². The van der Waals surface area contributed by atoms with Crippen LogP contribution in [0.4, 0.5) is 4.39 Å². The molecular weight excluding hydrogens is 247 g/mol. The average molecular weight is 258 g/mol. The third kappa shape index (κ3) is 2.63. The predicted octanol–water partition coefficient (Wildman–Crippen LogP) is 2.40. The van der Waals surface area contributed by atoms with Gasteiger partial charge in [-0.1, -0.05) is 0 Å². The molecule has 0 aliphatic carbocycles. The number of halogens is 1. The van der Waals surface area contributed by atoms with Crippen molar-refractivity contribution in [2.75, 3.05) is 6.61 Å². The van der Waals surface area contributed by atoms with E-state index in [2.05, 4.69) is 0 Å². The lowest BCUT2D eigenvalue weighted by Crippen LogP contribution is -2.29. The van der Waals surface area contributed by atoms with Crippen molar-refractivity contribution in [3.05, 3.63) is 53.2 Å². The Hall–Kier alpha value is -2.61. The summed E-state index contributed by atoms with van der Waals surface area (Å²) in [6, 6.07) is 8.94. The van der Waals surface area contributed by atoms with Crippen LogP contribution in [0.1, 0.15) is 12.6 Å². The minimum Gasteiger partial charge on any atom is -0.618 e. The molecule has 2 rings (SSSR count). The molecule has 0 radical (unpaired) electrons. The van der Waals surface area contributed by atoms with Crippen LogP contribution < -0.4 is 9.47 Å². The van der Waals surface area contributed by atoms with E-state index in [1.165, 1.54) is 30.5 Å². The summed E-state index contributed by atoms with van der Waals surface area (Å²) in [5.41, 5.74) is 0.671. The van der Waals surface area contributed by atoms with Crippen LogP contribution in [0.25, 0.3) is 11.1 Å². The smallest absolute Gasteiger partial charge is 0.295 e. The summed E-state index contributed by atoms with van der Waals surface area (Å²) in [7, 11) is 0. The molecule has 0 unspecified atom stereocenters. The largest absolute Gasteiger partial charge is 0.618 e. The summed E-state index contributed by atoms with van der Waals surface area (Å²) in [6.07, 6.45) is 1.18. The SMILES string of the molecule is CCOc1ccc(F)c(-c2cc[n+]([O-])c(C#N)c2)c1. The maximum atomic E-state index is 13.8. The Kier molecular flexibility index (Phi) is 3.62. The van der Waals surface area contributed by atoms with Crippen LogP contribution in [0.15, 0.2) is 36.5 Å². The number of aromatic nitrogens is 1. The molecule has 0 bridgehead atoms. The van der Waals surface area contributed by atoms with Gasteiger partial charge in [-0.2, -0.15) is 9.99 Å². The zero-order valence-electron chi connectivity index (χ0n) is 10.3. The van der Waals surface area contributed by atoms with Gasteiger partial charge in [0.05, 0.1) is 6.61 Å². The topological polar surface area (TPSA) is 60.0 Å². The number of benzene rings is 1. The second-order valence-electron chi connectivity index (χ2n) is 3.81. The van der Waals surface area contributed by atoms with Gasteiger partial charge in [0, 0.05) is 17.7 Å². The lowest BCUT2D eigenvalue weighted by atomic mass is 10.1. The van der Waals surface area contributed by atoms with E-state index in [0.717, 1.165) is 0 Å². The summed E-state index contributed by atoms with van der Waals surface area (Å²) in [5.74, 6) is 0.104. The Morgan fingerprint density at radius 2 is 2.16 bits per heavy atom. The highest BCUT2D eigenvalue weighted by atomic mass is 19.1. The second-order valence-corrected chi connectivity index (χ2v) is 3.81. The van der Waals surface area contributed by atoms with Crippen molar-refractivity contribution in [2.24, 2.45) is 0 Å². The lowest BCUT2D eigenvalue weighted by molar-refractivity contribution is -0.608. The Bertz CT molecular complexity index is 650. The molecule has 0 atom stereocenters. The Morgan fingerprint density at radius 1 is 1.37 bits per heavy atom. The molecule has 0 N–H and O–H groups in total. The molecule has 96 valence electrons. The fourth-order valence-electron chi connectivity index (χ4n) is 1.72. The van der Waals surface area contributed by atoms with Gasteiger partial charge in [-0.3, -0.25) is 0 Å². The van der Waals surface area contributed by atoms with Crippen LogP contribution in [-0.4, -0.2) is 6.61 Å². The monoisotopic (exact) mass is 258 g/mol. The van der Waals surface area contributed by atoms with E-state index in [0.29, 0.717) is 28.2 Å². The molecule has 0 spiro atoms. The number of nitrogens with zero attached hydrogens (tertiary/aromatic N) is 2. The molecule has 0 aliphatic heterocycles. The van der Waals surface area contributed by atoms with E-state index in [9.17, 15) is 9.60 Å². The van der Waals surface area contributed by atoms with Crippen molar-refractivity contribution in [3.63, 3.8) is 0 Å². The van der Waals surface area contributed by atoms with E-state index >= 15 is 0 Å². The third-order valence-electron chi connectivity index (χ3n) is 2.59. The molecule has 0 aliphatic rings. The highest BCUT2D eigenvalue weighted by Gasteiger charge is 2.11. The van der Waals surface area contributed by atoms with Gasteiger partial charge in [0.1, 0.15) is 11.6 Å². The summed E-state index contributed by atoms with van der Waals surface area (Å²) < 4.78 is 19.6. The third-order valence-corrected chi connectivity index (χ3v) is 2.59. The van der Waals surface area contributed by atoms with Crippen molar-refractivity contribution < 1.29 is 13.9 Å². The molecule has 1 aromatic heterocycles.